The number of ether oxygens (including phenoxy) is 1. The van der Waals surface area contributed by atoms with E-state index in [1.165, 1.54) is 4.31 Å². The summed E-state index contributed by atoms with van der Waals surface area (Å²) in [7, 11) is -3.42. The molecule has 0 saturated carbocycles. The topological polar surface area (TPSA) is 84.0 Å². The summed E-state index contributed by atoms with van der Waals surface area (Å²) in [5.41, 5.74) is 1.36. The van der Waals surface area contributed by atoms with Crippen molar-refractivity contribution in [2.75, 3.05) is 32.8 Å². The minimum absolute atomic E-state index is 0.0403. The van der Waals surface area contributed by atoms with Gasteiger partial charge in [-0.15, -0.1) is 0 Å². The van der Waals surface area contributed by atoms with Crippen molar-refractivity contribution in [3.63, 3.8) is 0 Å². The molecule has 1 heterocycles. The molecule has 8 heteroatoms. The molecule has 3 rings (SSSR count). The van der Waals surface area contributed by atoms with Crippen LogP contribution < -0.4 is 4.74 Å². The molecule has 0 aromatic heterocycles. The lowest BCUT2D eigenvalue weighted by Gasteiger charge is -2.34. The summed E-state index contributed by atoms with van der Waals surface area (Å²) < 4.78 is 32.2. The van der Waals surface area contributed by atoms with Crippen molar-refractivity contribution in [1.29, 1.82) is 0 Å². The predicted molar refractivity (Wildman–Crippen MR) is 114 cm³/mol. The van der Waals surface area contributed by atoms with Gasteiger partial charge in [-0.25, -0.2) is 8.42 Å². The summed E-state index contributed by atoms with van der Waals surface area (Å²) in [6.45, 7) is 2.89. The fourth-order valence-corrected chi connectivity index (χ4v) is 4.79. The summed E-state index contributed by atoms with van der Waals surface area (Å²) >= 11 is 0. The lowest BCUT2D eigenvalue weighted by atomic mass is 10.1. The number of carbonyl (C=O) groups is 2. The molecule has 1 aliphatic rings. The van der Waals surface area contributed by atoms with Gasteiger partial charge in [0.1, 0.15) is 5.75 Å². The van der Waals surface area contributed by atoms with Gasteiger partial charge in [0, 0.05) is 38.2 Å². The SMILES string of the molecule is CCC(=O)c1ccc(OCC(=O)N2CCN(S(=O)(=O)Cc3ccccc3)CC2)cc1. The molecule has 2 aromatic carbocycles. The third-order valence-corrected chi connectivity index (χ3v) is 6.89. The smallest absolute Gasteiger partial charge is 0.260 e. The lowest BCUT2D eigenvalue weighted by molar-refractivity contribution is -0.134. The Morgan fingerprint density at radius 3 is 2.17 bits per heavy atom. The molecule has 7 nitrogen and oxygen atoms in total. The van der Waals surface area contributed by atoms with Crippen molar-refractivity contribution in [3.05, 3.63) is 65.7 Å². The molecule has 30 heavy (non-hydrogen) atoms. The molecule has 0 bridgehead atoms. The summed E-state index contributed by atoms with van der Waals surface area (Å²) in [5.74, 6) is 0.336. The highest BCUT2D eigenvalue weighted by atomic mass is 32.2. The number of amides is 1. The van der Waals surface area contributed by atoms with Gasteiger partial charge in [0.2, 0.25) is 10.0 Å². The van der Waals surface area contributed by atoms with Gasteiger partial charge in [-0.1, -0.05) is 37.3 Å². The van der Waals surface area contributed by atoms with E-state index in [0.29, 0.717) is 30.8 Å². The van der Waals surface area contributed by atoms with E-state index in [1.807, 2.05) is 18.2 Å². The number of carbonyl (C=O) groups excluding carboxylic acids is 2. The van der Waals surface area contributed by atoms with Crippen molar-refractivity contribution >= 4 is 21.7 Å². The van der Waals surface area contributed by atoms with Crippen molar-refractivity contribution in [1.82, 2.24) is 9.21 Å². The summed E-state index contributed by atoms with van der Waals surface area (Å²) in [4.78, 5) is 25.7. The van der Waals surface area contributed by atoms with Gasteiger partial charge in [-0.2, -0.15) is 4.31 Å². The van der Waals surface area contributed by atoms with Crippen LogP contribution in [0, 0.1) is 0 Å². The van der Waals surface area contributed by atoms with E-state index in [-0.39, 0.29) is 37.1 Å². The molecule has 0 aliphatic carbocycles. The molecular weight excluding hydrogens is 404 g/mol. The molecule has 0 spiro atoms. The minimum atomic E-state index is -3.42. The molecule has 1 amide bonds. The number of ketones is 1. The van der Waals surface area contributed by atoms with E-state index in [4.69, 9.17) is 4.74 Å². The van der Waals surface area contributed by atoms with Crippen LogP contribution in [0.2, 0.25) is 0 Å². The molecule has 0 N–H and O–H groups in total. The van der Waals surface area contributed by atoms with E-state index >= 15 is 0 Å². The van der Waals surface area contributed by atoms with Crippen LogP contribution in [0.3, 0.4) is 0 Å². The van der Waals surface area contributed by atoms with Gasteiger partial charge in [-0.3, -0.25) is 9.59 Å². The Labute approximate surface area is 177 Å². The highest BCUT2D eigenvalue weighted by Gasteiger charge is 2.29. The van der Waals surface area contributed by atoms with E-state index < -0.39 is 10.0 Å². The molecule has 0 radical (unpaired) electrons. The van der Waals surface area contributed by atoms with Gasteiger partial charge in [0.05, 0.1) is 5.75 Å². The first-order valence-corrected chi connectivity index (χ1v) is 11.6. The Kier molecular flexibility index (Phi) is 7.23. The first-order chi connectivity index (χ1) is 14.4. The van der Waals surface area contributed by atoms with Gasteiger partial charge in [0.15, 0.2) is 12.4 Å². The van der Waals surface area contributed by atoms with Crippen LogP contribution in [-0.2, 0) is 20.6 Å². The van der Waals surface area contributed by atoms with Gasteiger partial charge in [-0.05, 0) is 29.8 Å². The van der Waals surface area contributed by atoms with Crippen LogP contribution in [-0.4, -0.2) is 62.1 Å². The quantitative estimate of drug-likeness (QED) is 0.600. The monoisotopic (exact) mass is 430 g/mol. The molecule has 160 valence electrons. The zero-order chi connectivity index (χ0) is 21.6. The van der Waals surface area contributed by atoms with Gasteiger partial charge < -0.3 is 9.64 Å². The summed E-state index contributed by atoms with van der Waals surface area (Å²) in [5, 5.41) is 0. The fourth-order valence-electron chi connectivity index (χ4n) is 3.27. The maximum absolute atomic E-state index is 12.6. The standard InChI is InChI=1S/C22H26N2O5S/c1-2-21(25)19-8-10-20(11-9-19)29-16-22(26)23-12-14-24(15-13-23)30(27,28)17-18-6-4-3-5-7-18/h3-11H,2,12-17H2,1H3. The largest absolute Gasteiger partial charge is 0.484 e. The Balaban J connectivity index is 1.47. The van der Waals surface area contributed by atoms with Crippen LogP contribution in [0.1, 0.15) is 29.3 Å². The summed E-state index contributed by atoms with van der Waals surface area (Å²) in [6, 6.07) is 15.8. The molecule has 1 fully saturated rings. The molecule has 2 aromatic rings. The Hall–Kier alpha value is -2.71. The number of hydrogen-bond acceptors (Lipinski definition) is 5. The average molecular weight is 431 g/mol. The average Bonchev–Trinajstić information content (AvgIpc) is 2.77. The van der Waals surface area contributed by atoms with Crippen LogP contribution in [0.15, 0.2) is 54.6 Å². The third-order valence-electron chi connectivity index (χ3n) is 5.04. The zero-order valence-electron chi connectivity index (χ0n) is 17.0. The highest BCUT2D eigenvalue weighted by molar-refractivity contribution is 7.88. The molecular formula is C22H26N2O5S. The molecule has 0 unspecified atom stereocenters. The minimum Gasteiger partial charge on any atom is -0.484 e. The maximum Gasteiger partial charge on any atom is 0.260 e. The van der Waals surface area contributed by atoms with Gasteiger partial charge >= 0.3 is 0 Å². The second-order valence-electron chi connectivity index (χ2n) is 7.11. The highest BCUT2D eigenvalue weighted by Crippen LogP contribution is 2.16. The number of rotatable bonds is 8. The van der Waals surface area contributed by atoms with E-state index in [0.717, 1.165) is 5.56 Å². The van der Waals surface area contributed by atoms with Crippen LogP contribution >= 0.6 is 0 Å². The fraction of sp³-hybridized carbons (Fsp3) is 0.364. The van der Waals surface area contributed by atoms with Crippen molar-refractivity contribution < 1.29 is 22.7 Å². The number of Topliss-reactive ketones (excluding diaryl/α,β-unsaturated/α-hetero) is 1. The Morgan fingerprint density at radius 2 is 1.57 bits per heavy atom. The lowest BCUT2D eigenvalue weighted by Crippen LogP contribution is -2.51. The van der Waals surface area contributed by atoms with Crippen molar-refractivity contribution in [3.8, 4) is 5.75 Å². The Bertz CT molecular complexity index is 966. The van der Waals surface area contributed by atoms with Crippen LogP contribution in [0.25, 0.3) is 0 Å². The van der Waals surface area contributed by atoms with Crippen molar-refractivity contribution in [2.45, 2.75) is 19.1 Å². The van der Waals surface area contributed by atoms with E-state index in [9.17, 15) is 18.0 Å². The zero-order valence-corrected chi connectivity index (χ0v) is 17.8. The number of sulfonamides is 1. The second-order valence-corrected chi connectivity index (χ2v) is 9.08. The van der Waals surface area contributed by atoms with Gasteiger partial charge in [0.25, 0.3) is 5.91 Å². The second kappa shape index (κ2) is 9.86. The molecule has 1 saturated heterocycles. The van der Waals surface area contributed by atoms with Crippen LogP contribution in [0.4, 0.5) is 0 Å². The van der Waals surface area contributed by atoms with E-state index in [1.54, 1.807) is 48.2 Å². The number of nitrogens with zero attached hydrogens (tertiary/aromatic N) is 2. The van der Waals surface area contributed by atoms with Crippen molar-refractivity contribution in [2.24, 2.45) is 0 Å². The number of benzene rings is 2. The first-order valence-electron chi connectivity index (χ1n) is 9.94. The number of hydrogen-bond donors (Lipinski definition) is 0. The third kappa shape index (κ3) is 5.67. The normalized spacial score (nSPS) is 15.0. The first kappa shape index (κ1) is 22.0. The van der Waals surface area contributed by atoms with Crippen LogP contribution in [0.5, 0.6) is 5.75 Å². The predicted octanol–water partition coefficient (Wildman–Crippen LogP) is 2.33. The number of piperazine rings is 1. The maximum atomic E-state index is 12.6. The summed E-state index contributed by atoms with van der Waals surface area (Å²) in [6.07, 6.45) is 0.436. The molecule has 1 aliphatic heterocycles. The van der Waals surface area contributed by atoms with E-state index in [2.05, 4.69) is 0 Å². The molecule has 0 atom stereocenters. The Morgan fingerprint density at radius 1 is 0.933 bits per heavy atom.